The quantitative estimate of drug-likeness (QED) is 0.893. The van der Waals surface area contributed by atoms with Gasteiger partial charge in [-0.25, -0.2) is 0 Å². The van der Waals surface area contributed by atoms with Gasteiger partial charge < -0.3 is 14.9 Å². The van der Waals surface area contributed by atoms with E-state index < -0.39 is 11.9 Å². The molecule has 5 heteroatoms. The average Bonchev–Trinajstić information content (AvgIpc) is 2.83. The Bertz CT molecular complexity index is 494. The minimum atomic E-state index is -0.902. The molecule has 108 valence electrons. The first kappa shape index (κ1) is 14.4. The number of benzene rings is 1. The highest BCUT2D eigenvalue weighted by Gasteiger charge is 2.34. The van der Waals surface area contributed by atoms with E-state index in [2.05, 4.69) is 18.7 Å². The molecule has 1 amide bonds. The third-order valence-electron chi connectivity index (χ3n) is 3.76. The zero-order valence-corrected chi connectivity index (χ0v) is 11.9. The summed E-state index contributed by atoms with van der Waals surface area (Å²) in [5.74, 6) is -1.61. The molecule has 20 heavy (non-hydrogen) atoms. The van der Waals surface area contributed by atoms with Gasteiger partial charge in [0.25, 0.3) is 0 Å². The largest absolute Gasteiger partial charge is 0.481 e. The van der Waals surface area contributed by atoms with Gasteiger partial charge >= 0.3 is 5.97 Å². The Morgan fingerprint density at radius 2 is 1.90 bits per heavy atom. The topological polar surface area (TPSA) is 60.9 Å². The molecule has 1 heterocycles. The zero-order valence-electron chi connectivity index (χ0n) is 11.9. The van der Waals surface area contributed by atoms with Gasteiger partial charge in [0, 0.05) is 37.4 Å². The molecule has 1 aromatic carbocycles. The van der Waals surface area contributed by atoms with Gasteiger partial charge in [-0.15, -0.1) is 0 Å². The summed E-state index contributed by atoms with van der Waals surface area (Å²) in [6, 6.07) is 7.72. The number of carboxylic acid groups (broad SMARTS) is 1. The van der Waals surface area contributed by atoms with Crippen LogP contribution in [0, 0.1) is 5.92 Å². The number of carbonyl (C=O) groups is 2. The molecule has 0 aliphatic carbocycles. The number of anilines is 2. The Morgan fingerprint density at radius 3 is 2.35 bits per heavy atom. The van der Waals surface area contributed by atoms with Crippen molar-refractivity contribution in [3.05, 3.63) is 24.3 Å². The lowest BCUT2D eigenvalue weighted by Gasteiger charge is -2.22. The molecule has 0 aromatic heterocycles. The SMILES string of the molecule is CCN(CC)c1ccc(N2CC(C(=O)O)CC2=O)cc1. The first-order valence-corrected chi connectivity index (χ1v) is 6.95. The van der Waals surface area contributed by atoms with Crippen LogP contribution in [0.5, 0.6) is 0 Å². The molecular weight excluding hydrogens is 256 g/mol. The van der Waals surface area contributed by atoms with Crippen molar-refractivity contribution in [2.75, 3.05) is 29.4 Å². The molecule has 2 rings (SSSR count). The number of carbonyl (C=O) groups excluding carboxylic acids is 1. The number of hydrogen-bond acceptors (Lipinski definition) is 3. The molecular formula is C15H20N2O3. The van der Waals surface area contributed by atoms with Crippen LogP contribution in [-0.4, -0.2) is 36.6 Å². The van der Waals surface area contributed by atoms with Gasteiger partial charge in [0.05, 0.1) is 5.92 Å². The van der Waals surface area contributed by atoms with E-state index in [-0.39, 0.29) is 18.9 Å². The summed E-state index contributed by atoms with van der Waals surface area (Å²) in [6.45, 7) is 6.32. The third-order valence-corrected chi connectivity index (χ3v) is 3.76. The van der Waals surface area contributed by atoms with Crippen molar-refractivity contribution in [1.29, 1.82) is 0 Å². The highest BCUT2D eigenvalue weighted by molar-refractivity contribution is 5.99. The fourth-order valence-electron chi connectivity index (χ4n) is 2.55. The molecule has 1 aliphatic heterocycles. The zero-order chi connectivity index (χ0) is 14.7. The lowest BCUT2D eigenvalue weighted by atomic mass is 10.1. The lowest BCUT2D eigenvalue weighted by molar-refractivity contribution is -0.141. The number of aliphatic carboxylic acids is 1. The number of amides is 1. The molecule has 5 nitrogen and oxygen atoms in total. The maximum Gasteiger partial charge on any atom is 0.308 e. The number of hydrogen-bond donors (Lipinski definition) is 1. The van der Waals surface area contributed by atoms with E-state index in [0.29, 0.717) is 0 Å². The standard InChI is InChI=1S/C15H20N2O3/c1-3-16(4-2)12-5-7-13(8-6-12)17-10-11(15(19)20)9-14(17)18/h5-8,11H,3-4,9-10H2,1-2H3,(H,19,20). The number of carboxylic acids is 1. The van der Waals surface area contributed by atoms with Crippen LogP contribution in [0.15, 0.2) is 24.3 Å². The van der Waals surface area contributed by atoms with Crippen molar-refractivity contribution in [1.82, 2.24) is 0 Å². The number of nitrogens with zero attached hydrogens (tertiary/aromatic N) is 2. The summed E-state index contributed by atoms with van der Waals surface area (Å²) in [6.07, 6.45) is 0.0904. The minimum Gasteiger partial charge on any atom is -0.481 e. The van der Waals surface area contributed by atoms with E-state index in [1.54, 1.807) is 4.90 Å². The van der Waals surface area contributed by atoms with Gasteiger partial charge in [-0.3, -0.25) is 9.59 Å². The maximum absolute atomic E-state index is 11.9. The van der Waals surface area contributed by atoms with E-state index >= 15 is 0 Å². The summed E-state index contributed by atoms with van der Waals surface area (Å²) in [4.78, 5) is 26.6. The van der Waals surface area contributed by atoms with E-state index in [0.717, 1.165) is 24.5 Å². The molecule has 0 radical (unpaired) electrons. The van der Waals surface area contributed by atoms with Crippen molar-refractivity contribution >= 4 is 23.3 Å². The molecule has 1 aromatic rings. The Morgan fingerprint density at radius 1 is 1.30 bits per heavy atom. The molecule has 0 saturated carbocycles. The van der Waals surface area contributed by atoms with Gasteiger partial charge in [-0.2, -0.15) is 0 Å². The van der Waals surface area contributed by atoms with Crippen molar-refractivity contribution in [2.24, 2.45) is 5.92 Å². The number of rotatable bonds is 5. The Balaban J connectivity index is 2.14. The van der Waals surface area contributed by atoms with Gasteiger partial charge in [0.1, 0.15) is 0 Å². The minimum absolute atomic E-state index is 0.0904. The van der Waals surface area contributed by atoms with E-state index in [4.69, 9.17) is 5.11 Å². The summed E-state index contributed by atoms with van der Waals surface area (Å²) in [5, 5.41) is 8.99. The van der Waals surface area contributed by atoms with E-state index in [1.165, 1.54) is 0 Å². The third kappa shape index (κ3) is 2.76. The van der Waals surface area contributed by atoms with Crippen molar-refractivity contribution in [2.45, 2.75) is 20.3 Å². The van der Waals surface area contributed by atoms with Crippen LogP contribution in [0.3, 0.4) is 0 Å². The summed E-state index contributed by atoms with van der Waals surface area (Å²) in [7, 11) is 0. The molecule has 1 unspecified atom stereocenters. The smallest absolute Gasteiger partial charge is 0.308 e. The summed E-state index contributed by atoms with van der Waals surface area (Å²) in [5.41, 5.74) is 1.88. The first-order valence-electron chi connectivity index (χ1n) is 6.95. The Hall–Kier alpha value is -2.04. The first-order chi connectivity index (χ1) is 9.56. The van der Waals surface area contributed by atoms with Crippen LogP contribution in [-0.2, 0) is 9.59 Å². The molecule has 1 N–H and O–H groups in total. The fourth-order valence-corrected chi connectivity index (χ4v) is 2.55. The molecule has 0 bridgehead atoms. The Kier molecular flexibility index (Phi) is 4.27. The second-order valence-electron chi connectivity index (χ2n) is 4.93. The highest BCUT2D eigenvalue weighted by Crippen LogP contribution is 2.27. The van der Waals surface area contributed by atoms with Crippen molar-refractivity contribution in [3.8, 4) is 0 Å². The van der Waals surface area contributed by atoms with Gasteiger partial charge in [0.15, 0.2) is 0 Å². The average molecular weight is 276 g/mol. The van der Waals surface area contributed by atoms with Crippen LogP contribution in [0.2, 0.25) is 0 Å². The second kappa shape index (κ2) is 5.94. The highest BCUT2D eigenvalue weighted by atomic mass is 16.4. The monoisotopic (exact) mass is 276 g/mol. The van der Waals surface area contributed by atoms with Gasteiger partial charge in [0.2, 0.25) is 5.91 Å². The predicted molar refractivity (Wildman–Crippen MR) is 78.1 cm³/mol. The van der Waals surface area contributed by atoms with E-state index in [9.17, 15) is 9.59 Å². The predicted octanol–water partition coefficient (Wildman–Crippen LogP) is 1.97. The maximum atomic E-state index is 11.9. The molecule has 1 saturated heterocycles. The van der Waals surface area contributed by atoms with Crippen LogP contribution in [0.25, 0.3) is 0 Å². The molecule has 1 atom stereocenters. The molecule has 1 aliphatic rings. The van der Waals surface area contributed by atoms with Crippen LogP contribution in [0.1, 0.15) is 20.3 Å². The molecule has 1 fully saturated rings. The lowest BCUT2D eigenvalue weighted by Crippen LogP contribution is -2.26. The fraction of sp³-hybridized carbons (Fsp3) is 0.467. The van der Waals surface area contributed by atoms with E-state index in [1.807, 2.05) is 24.3 Å². The second-order valence-corrected chi connectivity index (χ2v) is 4.93. The van der Waals surface area contributed by atoms with Crippen molar-refractivity contribution < 1.29 is 14.7 Å². The van der Waals surface area contributed by atoms with Crippen LogP contribution >= 0.6 is 0 Å². The van der Waals surface area contributed by atoms with Crippen LogP contribution < -0.4 is 9.80 Å². The van der Waals surface area contributed by atoms with Gasteiger partial charge in [-0.05, 0) is 38.1 Å². The summed E-state index contributed by atoms with van der Waals surface area (Å²) >= 11 is 0. The van der Waals surface area contributed by atoms with Gasteiger partial charge in [-0.1, -0.05) is 0 Å². The Labute approximate surface area is 118 Å². The van der Waals surface area contributed by atoms with Crippen LogP contribution in [0.4, 0.5) is 11.4 Å². The summed E-state index contributed by atoms with van der Waals surface area (Å²) < 4.78 is 0. The van der Waals surface area contributed by atoms with Crippen molar-refractivity contribution in [3.63, 3.8) is 0 Å². The normalized spacial score (nSPS) is 18.4. The molecule has 0 spiro atoms.